The van der Waals surface area contributed by atoms with Gasteiger partial charge in [0.05, 0.1) is 18.8 Å². The van der Waals surface area contributed by atoms with Gasteiger partial charge in [-0.15, -0.1) is 0 Å². The Hall–Kier alpha value is -0.870. The quantitative estimate of drug-likeness (QED) is 0.542. The van der Waals surface area contributed by atoms with Crippen LogP contribution in [-0.2, 0) is 19.0 Å². The van der Waals surface area contributed by atoms with E-state index in [0.717, 1.165) is 24.8 Å². The molecule has 16 heavy (non-hydrogen) atoms. The summed E-state index contributed by atoms with van der Waals surface area (Å²) in [6, 6.07) is 0. The Kier molecular flexibility index (Phi) is 5.49. The fourth-order valence-electron chi connectivity index (χ4n) is 1.96. The molecule has 0 aromatic carbocycles. The molecule has 2 atom stereocenters. The van der Waals surface area contributed by atoms with Crippen molar-refractivity contribution in [3.63, 3.8) is 0 Å². The summed E-state index contributed by atoms with van der Waals surface area (Å²) in [5.74, 6) is -0.274. The first kappa shape index (κ1) is 13.2. The van der Waals surface area contributed by atoms with Crippen molar-refractivity contribution in [2.45, 2.75) is 38.4 Å². The molecule has 92 valence electrons. The number of rotatable bonds is 4. The Bertz CT molecular complexity index is 246. The second-order valence-electron chi connectivity index (χ2n) is 3.91. The van der Waals surface area contributed by atoms with Crippen LogP contribution in [0.1, 0.15) is 26.2 Å². The van der Waals surface area contributed by atoms with Crippen molar-refractivity contribution in [3.8, 4) is 0 Å². The molecule has 0 aromatic rings. The van der Waals surface area contributed by atoms with Gasteiger partial charge in [0.2, 0.25) is 0 Å². The zero-order chi connectivity index (χ0) is 12.0. The van der Waals surface area contributed by atoms with E-state index in [1.807, 2.05) is 0 Å². The van der Waals surface area contributed by atoms with Gasteiger partial charge in [0, 0.05) is 26.7 Å². The van der Waals surface area contributed by atoms with Crippen LogP contribution < -0.4 is 0 Å². The zero-order valence-corrected chi connectivity index (χ0v) is 10.2. The van der Waals surface area contributed by atoms with E-state index in [0.29, 0.717) is 6.61 Å². The maximum absolute atomic E-state index is 11.3. The Labute approximate surface area is 96.6 Å². The molecule has 1 fully saturated rings. The van der Waals surface area contributed by atoms with E-state index in [1.165, 1.54) is 0 Å². The minimum atomic E-state index is -0.274. The van der Waals surface area contributed by atoms with E-state index in [9.17, 15) is 4.79 Å². The molecule has 4 nitrogen and oxygen atoms in total. The van der Waals surface area contributed by atoms with E-state index in [2.05, 4.69) is 0 Å². The largest absolute Gasteiger partial charge is 0.463 e. The number of methoxy groups -OCH3 is 2. The molecular weight excluding hydrogens is 208 g/mol. The van der Waals surface area contributed by atoms with Crippen LogP contribution in [0.2, 0.25) is 0 Å². The number of hydrogen-bond donors (Lipinski definition) is 0. The molecule has 2 unspecified atom stereocenters. The molecule has 0 heterocycles. The number of esters is 1. The second kappa shape index (κ2) is 6.66. The summed E-state index contributed by atoms with van der Waals surface area (Å²) in [5.41, 5.74) is 1.04. The summed E-state index contributed by atoms with van der Waals surface area (Å²) in [5, 5.41) is 0. The van der Waals surface area contributed by atoms with Crippen LogP contribution in [0, 0.1) is 0 Å². The molecule has 1 rings (SSSR count). The summed E-state index contributed by atoms with van der Waals surface area (Å²) < 4.78 is 15.5. The average molecular weight is 228 g/mol. The Morgan fingerprint density at radius 1 is 1.31 bits per heavy atom. The van der Waals surface area contributed by atoms with Gasteiger partial charge in [0.1, 0.15) is 0 Å². The van der Waals surface area contributed by atoms with Crippen LogP contribution in [0.4, 0.5) is 0 Å². The Balaban J connectivity index is 2.61. The van der Waals surface area contributed by atoms with Crippen molar-refractivity contribution in [1.82, 2.24) is 0 Å². The van der Waals surface area contributed by atoms with E-state index in [-0.39, 0.29) is 18.2 Å². The van der Waals surface area contributed by atoms with Crippen LogP contribution >= 0.6 is 0 Å². The van der Waals surface area contributed by atoms with Crippen LogP contribution in [0.3, 0.4) is 0 Å². The minimum Gasteiger partial charge on any atom is -0.463 e. The summed E-state index contributed by atoms with van der Waals surface area (Å²) in [4.78, 5) is 11.3. The average Bonchev–Trinajstić information content (AvgIpc) is 2.28. The van der Waals surface area contributed by atoms with E-state index in [1.54, 1.807) is 27.2 Å². The Morgan fingerprint density at radius 2 is 1.88 bits per heavy atom. The highest BCUT2D eigenvalue weighted by atomic mass is 16.5. The van der Waals surface area contributed by atoms with Gasteiger partial charge in [-0.2, -0.15) is 0 Å². The lowest BCUT2D eigenvalue weighted by Crippen LogP contribution is -2.28. The van der Waals surface area contributed by atoms with E-state index < -0.39 is 0 Å². The molecule has 0 bridgehead atoms. The lowest BCUT2D eigenvalue weighted by atomic mass is 9.90. The standard InChI is InChI=1S/C12H20O4/c1-4-16-12(13)7-9-5-10(14-2)8-11(6-9)15-3/h7,10-11H,4-6,8H2,1-3H3. The number of carbonyl (C=O) groups is 1. The SMILES string of the molecule is CCOC(=O)C=C1CC(OC)CC(OC)C1. The molecule has 0 spiro atoms. The Morgan fingerprint density at radius 3 is 2.31 bits per heavy atom. The molecule has 0 N–H and O–H groups in total. The van der Waals surface area contributed by atoms with Gasteiger partial charge in [-0.05, 0) is 19.8 Å². The van der Waals surface area contributed by atoms with Crippen LogP contribution in [0.5, 0.6) is 0 Å². The normalized spacial score (nSPS) is 25.3. The molecule has 1 aliphatic carbocycles. The molecule has 4 heteroatoms. The third-order valence-electron chi connectivity index (χ3n) is 2.78. The number of hydrogen-bond acceptors (Lipinski definition) is 4. The van der Waals surface area contributed by atoms with E-state index >= 15 is 0 Å². The first-order chi connectivity index (χ1) is 7.69. The summed E-state index contributed by atoms with van der Waals surface area (Å²) >= 11 is 0. The number of ether oxygens (including phenoxy) is 3. The zero-order valence-electron chi connectivity index (χ0n) is 10.2. The van der Waals surface area contributed by atoms with Crippen molar-refractivity contribution in [2.24, 2.45) is 0 Å². The molecule has 1 saturated carbocycles. The van der Waals surface area contributed by atoms with Crippen molar-refractivity contribution in [1.29, 1.82) is 0 Å². The lowest BCUT2D eigenvalue weighted by Gasteiger charge is -2.29. The van der Waals surface area contributed by atoms with Gasteiger partial charge in [-0.3, -0.25) is 0 Å². The first-order valence-corrected chi connectivity index (χ1v) is 5.61. The van der Waals surface area contributed by atoms with E-state index in [4.69, 9.17) is 14.2 Å². The fraction of sp³-hybridized carbons (Fsp3) is 0.750. The third-order valence-corrected chi connectivity index (χ3v) is 2.78. The summed E-state index contributed by atoms with van der Waals surface area (Å²) in [6.45, 7) is 2.21. The molecule has 0 aromatic heterocycles. The maximum atomic E-state index is 11.3. The topological polar surface area (TPSA) is 44.8 Å². The van der Waals surface area contributed by atoms with Gasteiger partial charge in [0.15, 0.2) is 0 Å². The van der Waals surface area contributed by atoms with Gasteiger partial charge in [-0.1, -0.05) is 5.57 Å². The molecule has 0 radical (unpaired) electrons. The molecule has 0 saturated heterocycles. The predicted molar refractivity (Wildman–Crippen MR) is 60.2 cm³/mol. The molecule has 1 aliphatic rings. The van der Waals surface area contributed by atoms with Gasteiger partial charge in [-0.25, -0.2) is 4.79 Å². The van der Waals surface area contributed by atoms with Crippen molar-refractivity contribution >= 4 is 5.97 Å². The minimum absolute atomic E-state index is 0.138. The van der Waals surface area contributed by atoms with Crippen LogP contribution in [-0.4, -0.2) is 39.0 Å². The highest BCUT2D eigenvalue weighted by molar-refractivity contribution is 5.82. The van der Waals surface area contributed by atoms with Crippen LogP contribution in [0.25, 0.3) is 0 Å². The highest BCUT2D eigenvalue weighted by Gasteiger charge is 2.25. The second-order valence-corrected chi connectivity index (χ2v) is 3.91. The van der Waals surface area contributed by atoms with Gasteiger partial charge < -0.3 is 14.2 Å². The first-order valence-electron chi connectivity index (χ1n) is 5.61. The third kappa shape index (κ3) is 3.94. The van der Waals surface area contributed by atoms with Crippen molar-refractivity contribution in [3.05, 3.63) is 11.6 Å². The smallest absolute Gasteiger partial charge is 0.330 e. The van der Waals surface area contributed by atoms with Crippen molar-refractivity contribution < 1.29 is 19.0 Å². The van der Waals surface area contributed by atoms with Crippen LogP contribution in [0.15, 0.2) is 11.6 Å². The highest BCUT2D eigenvalue weighted by Crippen LogP contribution is 2.27. The molecular formula is C12H20O4. The number of carbonyl (C=O) groups excluding carboxylic acids is 1. The molecule has 0 amide bonds. The monoisotopic (exact) mass is 228 g/mol. The molecule has 0 aliphatic heterocycles. The van der Waals surface area contributed by atoms with Crippen molar-refractivity contribution in [2.75, 3.05) is 20.8 Å². The summed E-state index contributed by atoms with van der Waals surface area (Å²) in [6.07, 6.45) is 4.30. The maximum Gasteiger partial charge on any atom is 0.330 e. The predicted octanol–water partition coefficient (Wildman–Crippen LogP) is 1.69. The van der Waals surface area contributed by atoms with Gasteiger partial charge >= 0.3 is 5.97 Å². The fourth-order valence-corrected chi connectivity index (χ4v) is 1.96. The lowest BCUT2D eigenvalue weighted by molar-refractivity contribution is -0.137. The summed E-state index contributed by atoms with van der Waals surface area (Å²) in [7, 11) is 3.37. The van der Waals surface area contributed by atoms with Gasteiger partial charge in [0.25, 0.3) is 0 Å².